The minimum atomic E-state index is -0.0260. The fraction of sp³-hybridized carbons (Fsp3) is 0.357. The molecule has 1 atom stereocenters. The van der Waals surface area contributed by atoms with Crippen molar-refractivity contribution in [3.8, 4) is 0 Å². The summed E-state index contributed by atoms with van der Waals surface area (Å²) in [5.41, 5.74) is 7.20. The first-order valence-electron chi connectivity index (χ1n) is 7.28. The standard InChI is InChI=1S/C14H18N8/c1-2-3-5-10(12-17-8-18-22-12)19-13-11-9(6-4-7-16-11)20-14(15)21-13/h4,6-8,10H,2-3,5H2,1H3,(H,17,18,22)(H3,15,19,20,21)/t10-/m1/s1. The van der Waals surface area contributed by atoms with Gasteiger partial charge in [-0.2, -0.15) is 10.1 Å². The number of aromatic amines is 1. The smallest absolute Gasteiger partial charge is 0.222 e. The molecule has 22 heavy (non-hydrogen) atoms. The summed E-state index contributed by atoms with van der Waals surface area (Å²) in [6.45, 7) is 2.15. The van der Waals surface area contributed by atoms with E-state index in [1.807, 2.05) is 12.1 Å². The molecule has 0 spiro atoms. The number of fused-ring (bicyclic) bond motifs is 1. The zero-order valence-electron chi connectivity index (χ0n) is 12.3. The van der Waals surface area contributed by atoms with E-state index in [1.54, 1.807) is 6.20 Å². The van der Waals surface area contributed by atoms with Gasteiger partial charge in [-0.3, -0.25) is 10.1 Å². The maximum atomic E-state index is 5.79. The number of nitrogen functional groups attached to an aromatic ring is 1. The first-order valence-corrected chi connectivity index (χ1v) is 7.28. The third-order valence-electron chi connectivity index (χ3n) is 3.39. The van der Waals surface area contributed by atoms with Gasteiger partial charge in [0.1, 0.15) is 17.7 Å². The number of unbranched alkanes of at least 4 members (excludes halogenated alkanes) is 1. The molecule has 0 fully saturated rings. The van der Waals surface area contributed by atoms with Crippen molar-refractivity contribution < 1.29 is 0 Å². The molecular formula is C14H18N8. The van der Waals surface area contributed by atoms with Crippen molar-refractivity contribution in [2.45, 2.75) is 32.2 Å². The Hall–Kier alpha value is -2.77. The molecule has 0 amide bonds. The molecule has 8 nitrogen and oxygen atoms in total. The van der Waals surface area contributed by atoms with Crippen molar-refractivity contribution in [2.75, 3.05) is 11.1 Å². The van der Waals surface area contributed by atoms with Crippen LogP contribution in [-0.4, -0.2) is 30.1 Å². The zero-order valence-corrected chi connectivity index (χ0v) is 12.3. The number of nitrogens with zero attached hydrogens (tertiary/aromatic N) is 5. The van der Waals surface area contributed by atoms with Crippen LogP contribution >= 0.6 is 0 Å². The molecule has 3 aromatic heterocycles. The molecule has 3 aromatic rings. The molecule has 0 radical (unpaired) electrons. The minimum absolute atomic E-state index is 0.0260. The predicted octanol–water partition coefficient (Wildman–Crippen LogP) is 2.07. The number of rotatable bonds is 6. The summed E-state index contributed by atoms with van der Waals surface area (Å²) < 4.78 is 0. The topological polar surface area (TPSA) is 118 Å². The second-order valence-electron chi connectivity index (χ2n) is 5.01. The van der Waals surface area contributed by atoms with Crippen molar-refractivity contribution >= 4 is 22.8 Å². The third kappa shape index (κ3) is 2.95. The van der Waals surface area contributed by atoms with Crippen LogP contribution in [0.15, 0.2) is 24.7 Å². The lowest BCUT2D eigenvalue weighted by Crippen LogP contribution is -2.15. The molecule has 0 aliphatic carbocycles. The molecule has 114 valence electrons. The van der Waals surface area contributed by atoms with Gasteiger partial charge in [0, 0.05) is 6.20 Å². The summed E-state index contributed by atoms with van der Waals surface area (Å²) in [6.07, 6.45) is 6.27. The first kappa shape index (κ1) is 14.2. The lowest BCUT2D eigenvalue weighted by molar-refractivity contribution is 0.606. The van der Waals surface area contributed by atoms with E-state index in [1.165, 1.54) is 6.33 Å². The zero-order chi connectivity index (χ0) is 15.4. The first-order chi connectivity index (χ1) is 10.8. The highest BCUT2D eigenvalue weighted by Gasteiger charge is 2.17. The van der Waals surface area contributed by atoms with Crippen LogP contribution in [0, 0.1) is 0 Å². The van der Waals surface area contributed by atoms with E-state index in [4.69, 9.17) is 5.73 Å². The quantitative estimate of drug-likeness (QED) is 0.637. The number of nitrogens with one attached hydrogen (secondary N) is 2. The van der Waals surface area contributed by atoms with Crippen LogP contribution in [0.3, 0.4) is 0 Å². The summed E-state index contributed by atoms with van der Waals surface area (Å²) in [7, 11) is 0. The summed E-state index contributed by atoms with van der Waals surface area (Å²) >= 11 is 0. The van der Waals surface area contributed by atoms with E-state index >= 15 is 0 Å². The van der Waals surface area contributed by atoms with Crippen molar-refractivity contribution in [3.05, 3.63) is 30.5 Å². The van der Waals surface area contributed by atoms with Crippen LogP contribution in [-0.2, 0) is 0 Å². The Balaban J connectivity index is 1.95. The van der Waals surface area contributed by atoms with Crippen molar-refractivity contribution in [1.29, 1.82) is 0 Å². The molecule has 8 heteroatoms. The number of H-pyrrole nitrogens is 1. The van der Waals surface area contributed by atoms with E-state index in [2.05, 4.69) is 42.4 Å². The van der Waals surface area contributed by atoms with Gasteiger partial charge in [-0.25, -0.2) is 9.97 Å². The molecule has 3 rings (SSSR count). The molecule has 3 heterocycles. The highest BCUT2D eigenvalue weighted by Crippen LogP contribution is 2.25. The van der Waals surface area contributed by atoms with E-state index in [0.29, 0.717) is 16.9 Å². The van der Waals surface area contributed by atoms with Crippen molar-refractivity contribution in [2.24, 2.45) is 0 Å². The number of anilines is 2. The van der Waals surface area contributed by atoms with E-state index in [9.17, 15) is 0 Å². The maximum absolute atomic E-state index is 5.79. The van der Waals surface area contributed by atoms with Crippen LogP contribution < -0.4 is 11.1 Å². The average Bonchev–Trinajstić information content (AvgIpc) is 3.05. The second-order valence-corrected chi connectivity index (χ2v) is 5.01. The van der Waals surface area contributed by atoms with Gasteiger partial charge in [-0.15, -0.1) is 0 Å². The minimum Gasteiger partial charge on any atom is -0.368 e. The second kappa shape index (κ2) is 6.33. The lowest BCUT2D eigenvalue weighted by atomic mass is 10.1. The normalized spacial score (nSPS) is 12.4. The molecule has 0 aromatic carbocycles. The van der Waals surface area contributed by atoms with Gasteiger partial charge >= 0.3 is 0 Å². The number of aromatic nitrogens is 6. The Morgan fingerprint density at radius 2 is 2.23 bits per heavy atom. The molecule has 0 aliphatic heterocycles. The number of hydrogen-bond acceptors (Lipinski definition) is 7. The fourth-order valence-corrected chi connectivity index (χ4v) is 2.32. The Labute approximate surface area is 127 Å². The maximum Gasteiger partial charge on any atom is 0.222 e. The summed E-state index contributed by atoms with van der Waals surface area (Å²) in [5.74, 6) is 1.60. The van der Waals surface area contributed by atoms with Crippen molar-refractivity contribution in [3.63, 3.8) is 0 Å². The van der Waals surface area contributed by atoms with Crippen LogP contribution in [0.5, 0.6) is 0 Å². The summed E-state index contributed by atoms with van der Waals surface area (Å²) in [4.78, 5) is 17.1. The highest BCUT2D eigenvalue weighted by molar-refractivity contribution is 5.85. The van der Waals surface area contributed by atoms with Crippen LogP contribution in [0.4, 0.5) is 11.8 Å². The van der Waals surface area contributed by atoms with E-state index < -0.39 is 0 Å². The van der Waals surface area contributed by atoms with Gasteiger partial charge < -0.3 is 11.1 Å². The SMILES string of the molecule is CCCC[C@@H](Nc1nc(N)nc2cccnc12)c1ncn[nH]1. The van der Waals surface area contributed by atoms with Gasteiger partial charge in [0.15, 0.2) is 5.82 Å². The molecule has 0 unspecified atom stereocenters. The van der Waals surface area contributed by atoms with Crippen molar-refractivity contribution in [1.82, 2.24) is 30.1 Å². The van der Waals surface area contributed by atoms with Crippen LogP contribution in [0.25, 0.3) is 11.0 Å². The predicted molar refractivity (Wildman–Crippen MR) is 84.0 cm³/mol. The Bertz CT molecular complexity index is 740. The van der Waals surface area contributed by atoms with Crippen LogP contribution in [0.1, 0.15) is 38.1 Å². The Morgan fingerprint density at radius 1 is 1.32 bits per heavy atom. The molecule has 0 saturated heterocycles. The largest absolute Gasteiger partial charge is 0.368 e. The van der Waals surface area contributed by atoms with Crippen LogP contribution in [0.2, 0.25) is 0 Å². The number of hydrogen-bond donors (Lipinski definition) is 3. The Morgan fingerprint density at radius 3 is 3.00 bits per heavy atom. The monoisotopic (exact) mass is 298 g/mol. The molecule has 0 bridgehead atoms. The molecule has 0 saturated carbocycles. The third-order valence-corrected chi connectivity index (χ3v) is 3.39. The average molecular weight is 298 g/mol. The number of pyridine rings is 1. The summed E-state index contributed by atoms with van der Waals surface area (Å²) in [6, 6.07) is 3.66. The van der Waals surface area contributed by atoms with Gasteiger partial charge in [0.05, 0.1) is 11.6 Å². The van der Waals surface area contributed by atoms with E-state index in [0.717, 1.165) is 25.1 Å². The van der Waals surface area contributed by atoms with Gasteiger partial charge in [-0.05, 0) is 18.6 Å². The van der Waals surface area contributed by atoms with Gasteiger partial charge in [-0.1, -0.05) is 19.8 Å². The molecule has 0 aliphatic rings. The Kier molecular flexibility index (Phi) is 4.08. The van der Waals surface area contributed by atoms with Gasteiger partial charge in [0.2, 0.25) is 5.95 Å². The number of nitrogens with two attached hydrogens (primary N) is 1. The lowest BCUT2D eigenvalue weighted by Gasteiger charge is -2.17. The fourth-order valence-electron chi connectivity index (χ4n) is 2.32. The highest BCUT2D eigenvalue weighted by atomic mass is 15.2. The van der Waals surface area contributed by atoms with E-state index in [-0.39, 0.29) is 12.0 Å². The van der Waals surface area contributed by atoms with Gasteiger partial charge in [0.25, 0.3) is 0 Å². The molecule has 4 N–H and O–H groups in total. The summed E-state index contributed by atoms with van der Waals surface area (Å²) in [5, 5.41) is 10.2. The molecular weight excluding hydrogens is 280 g/mol.